The van der Waals surface area contributed by atoms with Crippen molar-refractivity contribution < 1.29 is 14.7 Å². The van der Waals surface area contributed by atoms with Crippen LogP contribution < -0.4 is 5.32 Å². The Kier molecular flexibility index (Phi) is 3.74. The van der Waals surface area contributed by atoms with E-state index in [2.05, 4.69) is 5.32 Å². The Hall–Kier alpha value is -0.710. The van der Waals surface area contributed by atoms with E-state index in [1.54, 1.807) is 0 Å². The maximum absolute atomic E-state index is 11.6. The Morgan fingerprint density at radius 1 is 1.25 bits per heavy atom. The predicted molar refractivity (Wildman–Crippen MR) is 62.3 cm³/mol. The molecule has 0 radical (unpaired) electrons. The maximum Gasteiger partial charge on any atom is 0.307 e. The average Bonchev–Trinajstić information content (AvgIpc) is 3.07. The Bertz CT molecular complexity index is 289. The van der Waals surface area contributed by atoms with E-state index in [-0.39, 0.29) is 11.8 Å². The number of carboxylic acids is 1. The van der Waals surface area contributed by atoms with Gasteiger partial charge in [0.2, 0.25) is 5.91 Å². The number of rotatable bonds is 4. The van der Waals surface area contributed by atoms with Crippen molar-refractivity contribution in [3.8, 4) is 0 Å². The van der Waals surface area contributed by atoms with Gasteiger partial charge in [0.25, 0.3) is 0 Å². The smallest absolute Gasteiger partial charge is 0.307 e. The summed E-state index contributed by atoms with van der Waals surface area (Å²) in [7, 11) is 0. The summed E-state index contributed by atoms with van der Waals surface area (Å²) in [6.07, 6.45) is 2.84. The Labute approximate surface area is 99.2 Å². The fourth-order valence-electron chi connectivity index (χ4n) is 2.08. The normalized spacial score (nSPS) is 29.8. The molecule has 2 aliphatic rings. The van der Waals surface area contributed by atoms with Gasteiger partial charge in [0.1, 0.15) is 0 Å². The van der Waals surface area contributed by atoms with Gasteiger partial charge in [-0.25, -0.2) is 0 Å². The molecule has 0 aromatic carbocycles. The number of carbonyl (C=O) groups excluding carboxylic acids is 1. The summed E-state index contributed by atoms with van der Waals surface area (Å²) in [4.78, 5) is 22.2. The molecule has 0 bridgehead atoms. The molecular weight excluding hydrogens is 226 g/mol. The van der Waals surface area contributed by atoms with E-state index in [1.165, 1.54) is 11.5 Å². The van der Waals surface area contributed by atoms with Gasteiger partial charge >= 0.3 is 5.97 Å². The van der Waals surface area contributed by atoms with Gasteiger partial charge in [0.05, 0.1) is 11.8 Å². The average molecular weight is 243 g/mol. The van der Waals surface area contributed by atoms with Crippen LogP contribution in [0.3, 0.4) is 0 Å². The lowest BCUT2D eigenvalue weighted by atomic mass is 10.0. The largest absolute Gasteiger partial charge is 0.481 e. The van der Waals surface area contributed by atoms with Crippen molar-refractivity contribution in [1.82, 2.24) is 5.32 Å². The van der Waals surface area contributed by atoms with Crippen molar-refractivity contribution in [2.24, 2.45) is 17.8 Å². The molecule has 2 fully saturated rings. The number of amides is 1. The molecular formula is C11H17NO3S. The van der Waals surface area contributed by atoms with E-state index in [0.717, 1.165) is 19.4 Å². The molecule has 0 aromatic rings. The first-order valence-corrected chi connectivity index (χ1v) is 6.92. The second kappa shape index (κ2) is 5.08. The van der Waals surface area contributed by atoms with E-state index in [1.807, 2.05) is 11.8 Å². The first-order valence-electron chi connectivity index (χ1n) is 5.76. The molecule has 1 amide bonds. The molecule has 0 aromatic heterocycles. The fourth-order valence-corrected chi connectivity index (χ4v) is 3.29. The van der Waals surface area contributed by atoms with Crippen molar-refractivity contribution in [1.29, 1.82) is 0 Å². The highest BCUT2D eigenvalue weighted by molar-refractivity contribution is 7.99. The van der Waals surface area contributed by atoms with Gasteiger partial charge in [-0.2, -0.15) is 11.8 Å². The van der Waals surface area contributed by atoms with E-state index in [4.69, 9.17) is 5.11 Å². The molecule has 16 heavy (non-hydrogen) atoms. The molecule has 4 nitrogen and oxygen atoms in total. The van der Waals surface area contributed by atoms with E-state index < -0.39 is 11.9 Å². The number of thioether (sulfide) groups is 1. The highest BCUT2D eigenvalue weighted by atomic mass is 32.2. The molecule has 1 aliphatic heterocycles. The standard InChI is InChI=1S/C11H17NO3S/c13-10(8-5-9(8)11(14)15)12-6-7-1-3-16-4-2-7/h7-9H,1-6H2,(H,12,13)(H,14,15). The molecule has 1 heterocycles. The van der Waals surface area contributed by atoms with Crippen molar-refractivity contribution in [2.45, 2.75) is 19.3 Å². The highest BCUT2D eigenvalue weighted by Gasteiger charge is 2.48. The zero-order valence-electron chi connectivity index (χ0n) is 9.15. The quantitative estimate of drug-likeness (QED) is 0.772. The van der Waals surface area contributed by atoms with Crippen molar-refractivity contribution in [3.05, 3.63) is 0 Å². The summed E-state index contributed by atoms with van der Waals surface area (Å²) < 4.78 is 0. The second-order valence-electron chi connectivity index (χ2n) is 4.59. The molecule has 2 rings (SSSR count). The predicted octanol–water partition coefficient (Wildman–Crippen LogP) is 0.967. The number of carboxylic acid groups (broad SMARTS) is 1. The van der Waals surface area contributed by atoms with Gasteiger partial charge in [-0.3, -0.25) is 9.59 Å². The number of hydrogen-bond acceptors (Lipinski definition) is 3. The van der Waals surface area contributed by atoms with E-state index in [0.29, 0.717) is 12.3 Å². The lowest BCUT2D eigenvalue weighted by Gasteiger charge is -2.21. The number of carbonyl (C=O) groups is 2. The lowest BCUT2D eigenvalue weighted by molar-refractivity contribution is -0.140. The van der Waals surface area contributed by atoms with Gasteiger partial charge in [-0.15, -0.1) is 0 Å². The van der Waals surface area contributed by atoms with Crippen LogP contribution >= 0.6 is 11.8 Å². The summed E-state index contributed by atoms with van der Waals surface area (Å²) in [5.74, 6) is 1.35. The first kappa shape index (κ1) is 11.8. The van der Waals surface area contributed by atoms with E-state index >= 15 is 0 Å². The van der Waals surface area contributed by atoms with Crippen LogP contribution in [0.15, 0.2) is 0 Å². The summed E-state index contributed by atoms with van der Waals surface area (Å²) >= 11 is 1.97. The van der Waals surface area contributed by atoms with Gasteiger partial charge in [0.15, 0.2) is 0 Å². The summed E-state index contributed by atoms with van der Waals surface area (Å²) in [5, 5.41) is 11.6. The minimum Gasteiger partial charge on any atom is -0.481 e. The number of nitrogens with one attached hydrogen (secondary N) is 1. The summed E-state index contributed by atoms with van der Waals surface area (Å²) in [5.41, 5.74) is 0. The minimum atomic E-state index is -0.839. The monoisotopic (exact) mass is 243 g/mol. The molecule has 2 atom stereocenters. The molecule has 1 aliphatic carbocycles. The number of hydrogen-bond donors (Lipinski definition) is 2. The van der Waals surface area contributed by atoms with Gasteiger partial charge in [-0.1, -0.05) is 0 Å². The Morgan fingerprint density at radius 3 is 2.50 bits per heavy atom. The van der Waals surface area contributed by atoms with Crippen LogP contribution in [0.1, 0.15) is 19.3 Å². The third-order valence-electron chi connectivity index (χ3n) is 3.35. The molecule has 2 unspecified atom stereocenters. The van der Waals surface area contributed by atoms with Gasteiger partial charge in [-0.05, 0) is 36.7 Å². The molecule has 1 saturated carbocycles. The van der Waals surface area contributed by atoms with Gasteiger partial charge in [0, 0.05) is 6.54 Å². The zero-order valence-corrected chi connectivity index (χ0v) is 9.96. The summed E-state index contributed by atoms with van der Waals surface area (Å²) in [6, 6.07) is 0. The van der Waals surface area contributed by atoms with Crippen LogP contribution in [-0.4, -0.2) is 35.0 Å². The second-order valence-corrected chi connectivity index (χ2v) is 5.81. The van der Waals surface area contributed by atoms with Crippen LogP contribution in [0.5, 0.6) is 0 Å². The third kappa shape index (κ3) is 2.90. The molecule has 5 heteroatoms. The Morgan fingerprint density at radius 2 is 1.94 bits per heavy atom. The lowest BCUT2D eigenvalue weighted by Crippen LogP contribution is -2.32. The molecule has 0 spiro atoms. The van der Waals surface area contributed by atoms with E-state index in [9.17, 15) is 9.59 Å². The summed E-state index contributed by atoms with van der Waals surface area (Å²) in [6.45, 7) is 0.724. The minimum absolute atomic E-state index is 0.0642. The van der Waals surface area contributed by atoms with Gasteiger partial charge < -0.3 is 10.4 Å². The van der Waals surface area contributed by atoms with Crippen LogP contribution in [-0.2, 0) is 9.59 Å². The zero-order chi connectivity index (χ0) is 11.5. The van der Waals surface area contributed by atoms with Crippen LogP contribution in [0.2, 0.25) is 0 Å². The van der Waals surface area contributed by atoms with Crippen molar-refractivity contribution >= 4 is 23.6 Å². The Balaban J connectivity index is 1.66. The molecule has 1 saturated heterocycles. The third-order valence-corrected chi connectivity index (χ3v) is 4.40. The molecule has 90 valence electrons. The highest BCUT2D eigenvalue weighted by Crippen LogP contribution is 2.38. The first-order chi connectivity index (χ1) is 7.68. The molecule has 2 N–H and O–H groups in total. The van der Waals surface area contributed by atoms with Crippen molar-refractivity contribution in [3.63, 3.8) is 0 Å². The maximum atomic E-state index is 11.6. The SMILES string of the molecule is O=C(O)C1CC1C(=O)NCC1CCSCC1. The topological polar surface area (TPSA) is 66.4 Å². The fraction of sp³-hybridized carbons (Fsp3) is 0.818. The van der Waals surface area contributed by atoms with Crippen LogP contribution in [0, 0.1) is 17.8 Å². The number of aliphatic carboxylic acids is 1. The van der Waals surface area contributed by atoms with Crippen LogP contribution in [0.4, 0.5) is 0 Å². The van der Waals surface area contributed by atoms with Crippen LogP contribution in [0.25, 0.3) is 0 Å². The van der Waals surface area contributed by atoms with Crippen molar-refractivity contribution in [2.75, 3.05) is 18.1 Å².